The minimum atomic E-state index is 0.284. The molecule has 0 aliphatic heterocycles. The molecule has 0 bridgehead atoms. The molecule has 0 aliphatic rings. The van der Waals surface area contributed by atoms with E-state index in [1.807, 2.05) is 14.0 Å². The lowest BCUT2D eigenvalue weighted by atomic mass is 10.1. The zero-order valence-electron chi connectivity index (χ0n) is 10.8. The molecule has 0 spiro atoms. The lowest BCUT2D eigenvalue weighted by molar-refractivity contribution is 0.882. The van der Waals surface area contributed by atoms with Crippen LogP contribution < -0.4 is 4.90 Å². The number of benzene rings is 1. The Morgan fingerprint density at radius 3 is 2.50 bits per heavy atom. The average Bonchev–Trinajstić information content (AvgIpc) is 2.35. The predicted molar refractivity (Wildman–Crippen MR) is 75.1 cm³/mol. The lowest BCUT2D eigenvalue weighted by Crippen LogP contribution is -2.19. The highest BCUT2D eigenvalue weighted by Crippen LogP contribution is 2.18. The second-order valence-corrected chi connectivity index (χ2v) is 4.83. The molecule has 1 aromatic heterocycles. The summed E-state index contributed by atoms with van der Waals surface area (Å²) in [5, 5.41) is 0.284. The van der Waals surface area contributed by atoms with Crippen LogP contribution in [0.1, 0.15) is 16.7 Å². The second-order valence-electron chi connectivity index (χ2n) is 4.49. The van der Waals surface area contributed by atoms with E-state index in [2.05, 4.69) is 46.1 Å². The zero-order valence-corrected chi connectivity index (χ0v) is 11.6. The molecule has 2 rings (SSSR count). The Balaban J connectivity index is 2.18. The molecule has 1 aromatic carbocycles. The van der Waals surface area contributed by atoms with E-state index in [1.165, 1.54) is 11.1 Å². The van der Waals surface area contributed by atoms with E-state index in [0.29, 0.717) is 0 Å². The summed E-state index contributed by atoms with van der Waals surface area (Å²) in [5.41, 5.74) is 3.54. The van der Waals surface area contributed by atoms with Gasteiger partial charge in [0.15, 0.2) is 0 Å². The second kappa shape index (κ2) is 5.36. The average molecular weight is 262 g/mol. The van der Waals surface area contributed by atoms with Crippen molar-refractivity contribution in [1.82, 2.24) is 9.97 Å². The Kier molecular flexibility index (Phi) is 3.82. The molecular formula is C14H16ClN3. The first-order valence-corrected chi connectivity index (χ1v) is 6.20. The van der Waals surface area contributed by atoms with Crippen molar-refractivity contribution in [2.45, 2.75) is 20.4 Å². The highest BCUT2D eigenvalue weighted by Gasteiger charge is 2.08. The summed E-state index contributed by atoms with van der Waals surface area (Å²) in [6.45, 7) is 4.87. The van der Waals surface area contributed by atoms with Gasteiger partial charge in [-0.2, -0.15) is 0 Å². The number of aryl methyl sites for hydroxylation is 2. The minimum Gasteiger partial charge on any atom is -0.355 e. The van der Waals surface area contributed by atoms with E-state index in [-0.39, 0.29) is 5.28 Å². The molecule has 3 nitrogen and oxygen atoms in total. The molecule has 1 heterocycles. The molecule has 0 atom stereocenters. The molecule has 0 amide bonds. The predicted octanol–water partition coefficient (Wildman–Crippen LogP) is 3.38. The number of hydrogen-bond donors (Lipinski definition) is 0. The van der Waals surface area contributed by atoms with Crippen LogP contribution >= 0.6 is 11.6 Å². The first-order valence-electron chi connectivity index (χ1n) is 5.82. The maximum Gasteiger partial charge on any atom is 0.224 e. The van der Waals surface area contributed by atoms with Crippen molar-refractivity contribution in [2.24, 2.45) is 0 Å². The van der Waals surface area contributed by atoms with E-state index in [0.717, 1.165) is 17.9 Å². The standard InChI is InChI=1S/C14H16ClN3/c1-10-4-6-12(7-5-10)9-18(3)13-11(2)8-16-14(15)17-13/h4-8H,9H2,1-3H3. The molecular weight excluding hydrogens is 246 g/mol. The fraction of sp³-hybridized carbons (Fsp3) is 0.286. The quantitative estimate of drug-likeness (QED) is 0.793. The van der Waals surface area contributed by atoms with Gasteiger partial charge >= 0.3 is 0 Å². The van der Waals surface area contributed by atoms with Crippen LogP contribution in [-0.4, -0.2) is 17.0 Å². The Morgan fingerprint density at radius 1 is 1.17 bits per heavy atom. The van der Waals surface area contributed by atoms with Gasteiger partial charge in [-0.3, -0.25) is 0 Å². The third-order valence-corrected chi connectivity index (χ3v) is 3.00. The Hall–Kier alpha value is -1.61. The van der Waals surface area contributed by atoms with Crippen LogP contribution in [0, 0.1) is 13.8 Å². The van der Waals surface area contributed by atoms with Gasteiger partial charge in [-0.15, -0.1) is 0 Å². The van der Waals surface area contributed by atoms with E-state index in [4.69, 9.17) is 11.6 Å². The smallest absolute Gasteiger partial charge is 0.224 e. The van der Waals surface area contributed by atoms with Crippen LogP contribution in [-0.2, 0) is 6.54 Å². The number of halogens is 1. The summed E-state index contributed by atoms with van der Waals surface area (Å²) in [7, 11) is 2.01. The van der Waals surface area contributed by atoms with Crippen molar-refractivity contribution in [3.63, 3.8) is 0 Å². The molecule has 0 unspecified atom stereocenters. The van der Waals surface area contributed by atoms with E-state index < -0.39 is 0 Å². The first kappa shape index (κ1) is 12.8. The highest BCUT2D eigenvalue weighted by atomic mass is 35.5. The van der Waals surface area contributed by atoms with Crippen LogP contribution in [0.2, 0.25) is 5.28 Å². The highest BCUT2D eigenvalue weighted by molar-refractivity contribution is 6.28. The van der Waals surface area contributed by atoms with Crippen LogP contribution in [0.15, 0.2) is 30.5 Å². The normalized spacial score (nSPS) is 10.4. The molecule has 2 aromatic rings. The van der Waals surface area contributed by atoms with Crippen molar-refractivity contribution < 1.29 is 0 Å². The number of rotatable bonds is 3. The van der Waals surface area contributed by atoms with E-state index in [9.17, 15) is 0 Å². The maximum absolute atomic E-state index is 5.84. The van der Waals surface area contributed by atoms with Crippen molar-refractivity contribution in [2.75, 3.05) is 11.9 Å². The molecule has 0 saturated heterocycles. The number of aromatic nitrogens is 2. The summed E-state index contributed by atoms with van der Waals surface area (Å²) in [5.74, 6) is 0.871. The number of hydrogen-bond acceptors (Lipinski definition) is 3. The van der Waals surface area contributed by atoms with Crippen molar-refractivity contribution in [1.29, 1.82) is 0 Å². The third-order valence-electron chi connectivity index (χ3n) is 2.82. The molecule has 0 fully saturated rings. The molecule has 0 aliphatic carbocycles. The van der Waals surface area contributed by atoms with Gasteiger partial charge in [-0.05, 0) is 31.0 Å². The SMILES string of the molecule is Cc1ccc(CN(C)c2nc(Cl)ncc2C)cc1. The largest absolute Gasteiger partial charge is 0.355 e. The van der Waals surface area contributed by atoms with Gasteiger partial charge in [0, 0.05) is 25.4 Å². The molecule has 4 heteroatoms. The molecule has 0 saturated carbocycles. The van der Waals surface area contributed by atoms with Crippen molar-refractivity contribution in [3.8, 4) is 0 Å². The molecule has 0 radical (unpaired) electrons. The summed E-state index contributed by atoms with van der Waals surface area (Å²) in [6, 6.07) is 8.49. The van der Waals surface area contributed by atoms with E-state index in [1.54, 1.807) is 6.20 Å². The van der Waals surface area contributed by atoms with Gasteiger partial charge in [0.05, 0.1) is 0 Å². The molecule has 18 heavy (non-hydrogen) atoms. The first-order chi connectivity index (χ1) is 8.56. The summed E-state index contributed by atoms with van der Waals surface area (Å²) in [6.07, 6.45) is 1.75. The summed E-state index contributed by atoms with van der Waals surface area (Å²) < 4.78 is 0. The minimum absolute atomic E-state index is 0.284. The number of anilines is 1. The number of nitrogens with zero attached hydrogens (tertiary/aromatic N) is 3. The monoisotopic (exact) mass is 261 g/mol. The lowest BCUT2D eigenvalue weighted by Gasteiger charge is -2.20. The Labute approximate surface area is 112 Å². The Bertz CT molecular complexity index is 537. The van der Waals surface area contributed by atoms with E-state index >= 15 is 0 Å². The van der Waals surface area contributed by atoms with Crippen LogP contribution in [0.4, 0.5) is 5.82 Å². The van der Waals surface area contributed by atoms with Gasteiger partial charge in [0.25, 0.3) is 0 Å². The van der Waals surface area contributed by atoms with Crippen molar-refractivity contribution in [3.05, 3.63) is 52.4 Å². The van der Waals surface area contributed by atoms with Crippen LogP contribution in [0.25, 0.3) is 0 Å². The molecule has 0 N–H and O–H groups in total. The van der Waals surface area contributed by atoms with Crippen LogP contribution in [0.3, 0.4) is 0 Å². The van der Waals surface area contributed by atoms with Gasteiger partial charge in [-0.1, -0.05) is 29.8 Å². The third kappa shape index (κ3) is 2.99. The summed E-state index contributed by atoms with van der Waals surface area (Å²) in [4.78, 5) is 10.3. The van der Waals surface area contributed by atoms with Crippen LogP contribution in [0.5, 0.6) is 0 Å². The van der Waals surface area contributed by atoms with Gasteiger partial charge in [0.1, 0.15) is 5.82 Å². The van der Waals surface area contributed by atoms with Gasteiger partial charge in [-0.25, -0.2) is 9.97 Å². The summed E-state index contributed by atoms with van der Waals surface area (Å²) >= 11 is 5.84. The Morgan fingerprint density at radius 2 is 1.83 bits per heavy atom. The topological polar surface area (TPSA) is 29.0 Å². The van der Waals surface area contributed by atoms with Gasteiger partial charge in [0.2, 0.25) is 5.28 Å². The van der Waals surface area contributed by atoms with Crippen molar-refractivity contribution >= 4 is 17.4 Å². The zero-order chi connectivity index (χ0) is 13.1. The fourth-order valence-corrected chi connectivity index (χ4v) is 1.97. The fourth-order valence-electron chi connectivity index (χ4n) is 1.84. The van der Waals surface area contributed by atoms with Gasteiger partial charge < -0.3 is 4.90 Å². The maximum atomic E-state index is 5.84. The molecule has 94 valence electrons.